The second kappa shape index (κ2) is 5.97. The van der Waals surface area contributed by atoms with Crippen LogP contribution in [0.5, 0.6) is 0 Å². The summed E-state index contributed by atoms with van der Waals surface area (Å²) in [4.78, 5) is 10.1. The lowest BCUT2D eigenvalue weighted by Gasteiger charge is -2.12. The maximum Gasteiger partial charge on any atom is 0.404 e. The highest BCUT2D eigenvalue weighted by Crippen LogP contribution is 1.99. The maximum atomic E-state index is 10.1. The van der Waals surface area contributed by atoms with Crippen LogP contribution in [0.25, 0.3) is 0 Å². The summed E-state index contributed by atoms with van der Waals surface area (Å²) in [7, 11) is 0. The lowest BCUT2D eigenvalue weighted by molar-refractivity contribution is 0.175. The van der Waals surface area contributed by atoms with Crippen LogP contribution >= 0.6 is 0 Å². The third-order valence-corrected chi connectivity index (χ3v) is 1.45. The smallest absolute Gasteiger partial charge is 0.404 e. The monoisotopic (exact) mass is 161 g/mol. The van der Waals surface area contributed by atoms with Gasteiger partial charge in [0.15, 0.2) is 0 Å². The number of hydrogen-bond acceptors (Lipinski definition) is 2. The van der Waals surface area contributed by atoms with Crippen LogP contribution in [0.2, 0.25) is 0 Å². The molecular weight excluding hydrogens is 146 g/mol. The Morgan fingerprint density at radius 1 is 1.64 bits per heavy atom. The van der Waals surface area contributed by atoms with Crippen molar-refractivity contribution in [2.75, 3.05) is 6.61 Å². The summed E-state index contributed by atoms with van der Waals surface area (Å²) in [5, 5.41) is 19.2. The van der Waals surface area contributed by atoms with Gasteiger partial charge in [-0.2, -0.15) is 0 Å². The molecule has 0 aliphatic rings. The molecule has 1 atom stereocenters. The second-order valence-corrected chi connectivity index (χ2v) is 2.47. The van der Waals surface area contributed by atoms with Crippen molar-refractivity contribution in [1.29, 1.82) is 0 Å². The van der Waals surface area contributed by atoms with E-state index < -0.39 is 6.09 Å². The Bertz CT molecular complexity index is 116. The van der Waals surface area contributed by atoms with E-state index >= 15 is 0 Å². The van der Waals surface area contributed by atoms with Gasteiger partial charge in [-0.3, -0.25) is 0 Å². The number of rotatable bonds is 5. The van der Waals surface area contributed by atoms with Gasteiger partial charge >= 0.3 is 6.09 Å². The molecule has 0 saturated carbocycles. The molecule has 0 unspecified atom stereocenters. The summed E-state index contributed by atoms with van der Waals surface area (Å²) in [6.07, 6.45) is 1.59. The van der Waals surface area contributed by atoms with Gasteiger partial charge < -0.3 is 15.5 Å². The molecule has 0 bridgehead atoms. The van der Waals surface area contributed by atoms with Gasteiger partial charge in [0, 0.05) is 0 Å². The Hall–Kier alpha value is -0.770. The van der Waals surface area contributed by atoms with Crippen molar-refractivity contribution in [2.45, 2.75) is 32.2 Å². The van der Waals surface area contributed by atoms with Crippen LogP contribution in [0.1, 0.15) is 26.2 Å². The second-order valence-electron chi connectivity index (χ2n) is 2.47. The first kappa shape index (κ1) is 10.2. The molecular formula is C7H15NO3. The largest absolute Gasteiger partial charge is 0.465 e. The fraction of sp³-hybridized carbons (Fsp3) is 0.857. The minimum Gasteiger partial charge on any atom is -0.465 e. The van der Waals surface area contributed by atoms with Gasteiger partial charge in [-0.25, -0.2) is 4.79 Å². The van der Waals surface area contributed by atoms with E-state index in [1.54, 1.807) is 0 Å². The standard InChI is InChI=1S/C7H15NO3/c1-2-3-4-6(5-9)8-7(10)11/h6,8-9H,2-5H2,1H3,(H,10,11)/t6-/m1/s1. The molecule has 0 aromatic carbocycles. The third kappa shape index (κ3) is 5.66. The summed E-state index contributed by atoms with van der Waals surface area (Å²) in [6, 6.07) is -0.299. The topological polar surface area (TPSA) is 69.6 Å². The quantitative estimate of drug-likeness (QED) is 0.558. The Morgan fingerprint density at radius 2 is 2.27 bits per heavy atom. The molecule has 1 amide bonds. The normalized spacial score (nSPS) is 12.5. The van der Waals surface area contributed by atoms with E-state index in [-0.39, 0.29) is 12.6 Å². The predicted molar refractivity (Wildman–Crippen MR) is 41.6 cm³/mol. The molecule has 4 nitrogen and oxygen atoms in total. The first-order chi connectivity index (χ1) is 5.20. The average Bonchev–Trinajstić information content (AvgIpc) is 1.97. The van der Waals surface area contributed by atoms with Crippen LogP contribution < -0.4 is 5.32 Å². The molecule has 0 aromatic heterocycles. The zero-order valence-electron chi connectivity index (χ0n) is 6.71. The molecule has 0 rings (SSSR count). The molecule has 66 valence electrons. The van der Waals surface area contributed by atoms with E-state index in [9.17, 15) is 4.79 Å². The Balaban J connectivity index is 3.49. The van der Waals surface area contributed by atoms with Gasteiger partial charge in [0.2, 0.25) is 0 Å². The molecule has 11 heavy (non-hydrogen) atoms. The summed E-state index contributed by atoms with van der Waals surface area (Å²) in [6.45, 7) is 1.90. The van der Waals surface area contributed by atoms with Gasteiger partial charge in [0.05, 0.1) is 12.6 Å². The number of aliphatic hydroxyl groups is 1. The summed E-state index contributed by atoms with van der Waals surface area (Å²) in [5.41, 5.74) is 0. The molecule has 4 heteroatoms. The van der Waals surface area contributed by atoms with Crippen molar-refractivity contribution in [3.8, 4) is 0 Å². The van der Waals surface area contributed by atoms with Crippen LogP contribution in [0.3, 0.4) is 0 Å². The number of aliphatic hydroxyl groups excluding tert-OH is 1. The van der Waals surface area contributed by atoms with Crippen LogP contribution in [-0.2, 0) is 0 Å². The van der Waals surface area contributed by atoms with Crippen molar-refractivity contribution >= 4 is 6.09 Å². The van der Waals surface area contributed by atoms with Crippen LogP contribution in [0.15, 0.2) is 0 Å². The van der Waals surface area contributed by atoms with Crippen molar-refractivity contribution in [3.63, 3.8) is 0 Å². The number of amides is 1. The summed E-state index contributed by atoms with van der Waals surface area (Å²) >= 11 is 0. The Kier molecular flexibility index (Phi) is 5.56. The first-order valence-electron chi connectivity index (χ1n) is 3.81. The van der Waals surface area contributed by atoms with Gasteiger partial charge in [-0.1, -0.05) is 19.8 Å². The zero-order valence-corrected chi connectivity index (χ0v) is 6.71. The Labute approximate surface area is 66.2 Å². The highest BCUT2D eigenvalue weighted by Gasteiger charge is 2.08. The maximum absolute atomic E-state index is 10.1. The van der Waals surface area contributed by atoms with E-state index in [4.69, 9.17) is 10.2 Å². The predicted octanol–water partition coefficient (Wildman–Crippen LogP) is 0.805. The SMILES string of the molecule is CCCC[C@H](CO)NC(=O)O. The minimum atomic E-state index is -1.07. The van der Waals surface area contributed by atoms with E-state index in [2.05, 4.69) is 5.32 Å². The number of hydrogen-bond donors (Lipinski definition) is 3. The van der Waals surface area contributed by atoms with Crippen molar-refractivity contribution in [3.05, 3.63) is 0 Å². The van der Waals surface area contributed by atoms with Gasteiger partial charge in [0.25, 0.3) is 0 Å². The van der Waals surface area contributed by atoms with Gasteiger partial charge in [-0.05, 0) is 6.42 Å². The fourth-order valence-corrected chi connectivity index (χ4v) is 0.834. The Morgan fingerprint density at radius 3 is 2.64 bits per heavy atom. The molecule has 0 aliphatic carbocycles. The molecule has 0 aromatic rings. The fourth-order valence-electron chi connectivity index (χ4n) is 0.834. The number of nitrogens with one attached hydrogen (secondary N) is 1. The van der Waals surface area contributed by atoms with Crippen LogP contribution in [0.4, 0.5) is 4.79 Å². The number of carboxylic acid groups (broad SMARTS) is 1. The van der Waals surface area contributed by atoms with Crippen molar-refractivity contribution in [2.24, 2.45) is 0 Å². The highest BCUT2D eigenvalue weighted by molar-refractivity contribution is 5.64. The minimum absolute atomic E-state index is 0.119. The lowest BCUT2D eigenvalue weighted by Crippen LogP contribution is -2.36. The zero-order chi connectivity index (χ0) is 8.69. The molecule has 0 fully saturated rings. The first-order valence-corrected chi connectivity index (χ1v) is 3.81. The van der Waals surface area contributed by atoms with Crippen LogP contribution in [0, 0.1) is 0 Å². The van der Waals surface area contributed by atoms with Crippen molar-refractivity contribution in [1.82, 2.24) is 5.32 Å². The number of carbonyl (C=O) groups is 1. The summed E-state index contributed by atoms with van der Waals surface area (Å²) < 4.78 is 0. The average molecular weight is 161 g/mol. The van der Waals surface area contributed by atoms with Crippen LogP contribution in [-0.4, -0.2) is 29.0 Å². The lowest BCUT2D eigenvalue weighted by atomic mass is 10.1. The number of unbranched alkanes of at least 4 members (excludes halogenated alkanes) is 1. The van der Waals surface area contributed by atoms with E-state index in [1.807, 2.05) is 6.92 Å². The summed E-state index contributed by atoms with van der Waals surface area (Å²) in [5.74, 6) is 0. The highest BCUT2D eigenvalue weighted by atomic mass is 16.4. The van der Waals surface area contributed by atoms with Crippen molar-refractivity contribution < 1.29 is 15.0 Å². The molecule has 0 aliphatic heterocycles. The van der Waals surface area contributed by atoms with E-state index in [0.29, 0.717) is 6.42 Å². The third-order valence-electron chi connectivity index (χ3n) is 1.45. The molecule has 3 N–H and O–H groups in total. The van der Waals surface area contributed by atoms with Gasteiger partial charge in [0.1, 0.15) is 0 Å². The van der Waals surface area contributed by atoms with Gasteiger partial charge in [-0.15, -0.1) is 0 Å². The molecule has 0 saturated heterocycles. The molecule has 0 heterocycles. The van der Waals surface area contributed by atoms with E-state index in [0.717, 1.165) is 12.8 Å². The molecule has 0 radical (unpaired) electrons. The molecule has 0 spiro atoms. The van der Waals surface area contributed by atoms with E-state index in [1.165, 1.54) is 0 Å².